The summed E-state index contributed by atoms with van der Waals surface area (Å²) < 4.78 is 7.40. The molecule has 0 aliphatic carbocycles. The maximum atomic E-state index is 12.2. The van der Waals surface area contributed by atoms with Crippen LogP contribution in [0.2, 0.25) is 5.02 Å². The van der Waals surface area contributed by atoms with Gasteiger partial charge in [-0.2, -0.15) is 0 Å². The molecule has 160 valence electrons. The number of carbonyl (C=O) groups excluding carboxylic acids is 1. The monoisotopic (exact) mass is 502 g/mol. The van der Waals surface area contributed by atoms with Crippen molar-refractivity contribution in [3.8, 4) is 5.69 Å². The Morgan fingerprint density at radius 1 is 1.21 bits per heavy atom. The molecule has 4 nitrogen and oxygen atoms in total. The van der Waals surface area contributed by atoms with Crippen LogP contribution in [0.3, 0.4) is 0 Å². The second-order valence-electron chi connectivity index (χ2n) is 5.02. The largest absolute Gasteiger partial charge is 0.461 e. The van der Waals surface area contributed by atoms with Gasteiger partial charge in [0.25, 0.3) is 0 Å². The summed E-state index contributed by atoms with van der Waals surface area (Å²) >= 11 is 15.7. The van der Waals surface area contributed by atoms with Gasteiger partial charge in [0, 0.05) is 22.2 Å². The Morgan fingerprint density at radius 3 is 2.31 bits per heavy atom. The molecule has 1 aromatic heterocycles. The third kappa shape index (κ3) is 8.37. The molecule has 0 bridgehead atoms. The van der Waals surface area contributed by atoms with Gasteiger partial charge in [0.2, 0.25) is 0 Å². The Labute approximate surface area is 192 Å². The van der Waals surface area contributed by atoms with Crippen LogP contribution in [-0.4, -0.2) is 22.1 Å². The summed E-state index contributed by atoms with van der Waals surface area (Å²) in [6, 6.07) is 7.23. The average Bonchev–Trinajstić information content (AvgIpc) is 3.06. The number of ether oxygens (including phenoxy) is 1. The Morgan fingerprint density at radius 2 is 1.79 bits per heavy atom. The summed E-state index contributed by atoms with van der Waals surface area (Å²) in [5.74, 6) is 0.125. The van der Waals surface area contributed by atoms with Gasteiger partial charge in [0.05, 0.1) is 6.61 Å². The van der Waals surface area contributed by atoms with E-state index in [4.69, 9.17) is 27.9 Å². The van der Waals surface area contributed by atoms with Crippen molar-refractivity contribution in [2.75, 3.05) is 6.61 Å². The van der Waals surface area contributed by atoms with Crippen molar-refractivity contribution in [1.29, 1.82) is 0 Å². The van der Waals surface area contributed by atoms with Crippen LogP contribution < -0.4 is 0 Å². The molecule has 1 heterocycles. The molecular formula is C22H29BrCl2N2O2. The lowest BCUT2D eigenvalue weighted by Gasteiger charge is -2.09. The molecular weight excluding hydrogens is 475 g/mol. The van der Waals surface area contributed by atoms with E-state index in [2.05, 4.69) is 20.9 Å². The maximum Gasteiger partial charge on any atom is 0.359 e. The third-order valence-electron chi connectivity index (χ3n) is 3.24. The highest BCUT2D eigenvalue weighted by Gasteiger charge is 2.23. The van der Waals surface area contributed by atoms with Gasteiger partial charge < -0.3 is 4.74 Å². The lowest BCUT2D eigenvalue weighted by molar-refractivity contribution is 0.0518. The van der Waals surface area contributed by atoms with Crippen LogP contribution in [0.4, 0.5) is 0 Å². The van der Waals surface area contributed by atoms with Crippen LogP contribution in [-0.2, 0) is 11.2 Å². The lowest BCUT2D eigenvalue weighted by Crippen LogP contribution is -2.06. The van der Waals surface area contributed by atoms with Crippen LogP contribution in [0.25, 0.3) is 5.69 Å². The van der Waals surface area contributed by atoms with Gasteiger partial charge in [-0.1, -0.05) is 63.0 Å². The van der Waals surface area contributed by atoms with Crippen molar-refractivity contribution in [3.05, 3.63) is 68.7 Å². The number of halogens is 3. The molecule has 2 aromatic rings. The third-order valence-corrected chi connectivity index (χ3v) is 4.48. The van der Waals surface area contributed by atoms with E-state index in [0.717, 1.165) is 5.69 Å². The summed E-state index contributed by atoms with van der Waals surface area (Å²) in [6.07, 6.45) is 5.89. The van der Waals surface area contributed by atoms with Crippen molar-refractivity contribution in [2.24, 2.45) is 0 Å². The first-order valence-electron chi connectivity index (χ1n) is 9.65. The molecule has 0 fully saturated rings. The van der Waals surface area contributed by atoms with Gasteiger partial charge in [-0.15, -0.1) is 0 Å². The van der Waals surface area contributed by atoms with Crippen LogP contribution in [0, 0.1) is 0 Å². The van der Waals surface area contributed by atoms with Gasteiger partial charge in [-0.25, -0.2) is 9.78 Å². The molecule has 0 N–H and O–H groups in total. The number of benzene rings is 1. The first-order chi connectivity index (χ1) is 14.0. The topological polar surface area (TPSA) is 44.1 Å². The number of esters is 1. The highest BCUT2D eigenvalue weighted by Crippen LogP contribution is 2.27. The highest BCUT2D eigenvalue weighted by molar-refractivity contribution is 9.10. The van der Waals surface area contributed by atoms with Gasteiger partial charge in [-0.3, -0.25) is 4.57 Å². The highest BCUT2D eigenvalue weighted by atomic mass is 79.9. The number of hydrogen-bond donors (Lipinski definition) is 0. The van der Waals surface area contributed by atoms with Gasteiger partial charge in [0.15, 0.2) is 5.69 Å². The summed E-state index contributed by atoms with van der Waals surface area (Å²) in [6.45, 7) is 11.9. The van der Waals surface area contributed by atoms with Crippen molar-refractivity contribution in [1.82, 2.24) is 9.55 Å². The molecule has 0 spiro atoms. The second-order valence-corrected chi connectivity index (χ2v) is 6.69. The minimum absolute atomic E-state index is 0.210. The Kier molecular flexibility index (Phi) is 14.5. The van der Waals surface area contributed by atoms with E-state index in [1.165, 1.54) is 0 Å². The van der Waals surface area contributed by atoms with Gasteiger partial charge >= 0.3 is 5.97 Å². The number of carbonyl (C=O) groups is 1. The van der Waals surface area contributed by atoms with E-state index in [0.29, 0.717) is 26.9 Å². The van der Waals surface area contributed by atoms with Crippen molar-refractivity contribution in [2.45, 2.75) is 48.0 Å². The summed E-state index contributed by atoms with van der Waals surface area (Å²) in [5, 5.41) is 1.22. The van der Waals surface area contributed by atoms with E-state index in [1.54, 1.807) is 25.1 Å². The molecule has 0 radical (unpaired) electrons. The molecule has 0 unspecified atom stereocenters. The molecule has 0 aliphatic heterocycles. The quantitative estimate of drug-likeness (QED) is 0.298. The number of allylic oxidation sites excluding steroid dienone is 4. The molecule has 0 saturated carbocycles. The molecule has 1 aromatic carbocycles. The zero-order chi connectivity index (χ0) is 22.4. The zero-order valence-electron chi connectivity index (χ0n) is 17.8. The number of nitrogens with zero attached hydrogens (tertiary/aromatic N) is 2. The number of aromatic nitrogens is 2. The van der Waals surface area contributed by atoms with Crippen molar-refractivity contribution < 1.29 is 9.53 Å². The molecule has 2 rings (SSSR count). The Bertz CT molecular complexity index is 813. The Hall–Kier alpha value is -1.56. The normalized spacial score (nSPS) is 10.7. The average molecular weight is 504 g/mol. The fourth-order valence-corrected chi connectivity index (χ4v) is 3.13. The molecule has 7 heteroatoms. The Balaban J connectivity index is 0.00000184. The van der Waals surface area contributed by atoms with E-state index < -0.39 is 5.97 Å². The fraction of sp³-hybridized carbons (Fsp3) is 0.364. The lowest BCUT2D eigenvalue weighted by atomic mass is 10.3. The van der Waals surface area contributed by atoms with Crippen molar-refractivity contribution >= 4 is 45.1 Å². The van der Waals surface area contributed by atoms with Gasteiger partial charge in [-0.05, 0) is 60.1 Å². The van der Waals surface area contributed by atoms with Gasteiger partial charge in [0.1, 0.15) is 10.4 Å². The SMILES string of the molecule is C/C=C\C=C(\Cl)Cc1nc(C(=O)OCC)c(Br)n1-c1ccc(Cl)cc1.CC.CC. The van der Waals surface area contributed by atoms with E-state index >= 15 is 0 Å². The first kappa shape index (κ1) is 27.4. The number of imidazole rings is 1. The predicted octanol–water partition coefficient (Wildman–Crippen LogP) is 7.76. The standard InChI is InChI=1S/C18H17BrCl2N2O2.2C2H6/c1-3-5-6-13(21)11-15-22-16(18(24)25-4-2)17(19)23(15)14-9-7-12(20)8-10-14;2*1-2/h3,5-10H,4,11H2,1-2H3;2*1-2H3/b5-3-,13-6+;;. The smallest absolute Gasteiger partial charge is 0.359 e. The van der Waals surface area contributed by atoms with Crippen molar-refractivity contribution in [3.63, 3.8) is 0 Å². The molecule has 0 amide bonds. The first-order valence-corrected chi connectivity index (χ1v) is 11.2. The predicted molar refractivity (Wildman–Crippen MR) is 127 cm³/mol. The van der Waals surface area contributed by atoms with Crippen LogP contribution >= 0.6 is 39.1 Å². The summed E-state index contributed by atoms with van der Waals surface area (Å²) in [7, 11) is 0. The van der Waals surface area contributed by atoms with Crippen LogP contribution in [0.5, 0.6) is 0 Å². The van der Waals surface area contributed by atoms with Crippen LogP contribution in [0.1, 0.15) is 57.9 Å². The second kappa shape index (κ2) is 15.3. The zero-order valence-corrected chi connectivity index (χ0v) is 20.9. The number of rotatable bonds is 6. The van der Waals surface area contributed by atoms with E-state index in [9.17, 15) is 4.79 Å². The summed E-state index contributed by atoms with van der Waals surface area (Å²) in [5.41, 5.74) is 1.02. The fourth-order valence-electron chi connectivity index (χ4n) is 2.16. The minimum Gasteiger partial charge on any atom is -0.461 e. The molecule has 0 atom stereocenters. The molecule has 0 saturated heterocycles. The van der Waals surface area contributed by atoms with E-state index in [1.807, 2.05) is 63.5 Å². The van der Waals surface area contributed by atoms with Crippen LogP contribution in [0.15, 0.2) is 52.1 Å². The number of hydrogen-bond acceptors (Lipinski definition) is 3. The molecule has 29 heavy (non-hydrogen) atoms. The molecule has 0 aliphatic rings. The van der Waals surface area contributed by atoms with E-state index in [-0.39, 0.29) is 12.3 Å². The summed E-state index contributed by atoms with van der Waals surface area (Å²) in [4.78, 5) is 16.6. The maximum absolute atomic E-state index is 12.2. The minimum atomic E-state index is -0.489.